The van der Waals surface area contributed by atoms with Crippen LogP contribution in [0.25, 0.3) is 0 Å². The predicted octanol–water partition coefficient (Wildman–Crippen LogP) is 3.01. The van der Waals surface area contributed by atoms with Crippen molar-refractivity contribution in [2.45, 2.75) is 63.8 Å². The van der Waals surface area contributed by atoms with Crippen molar-refractivity contribution < 1.29 is 4.79 Å². The van der Waals surface area contributed by atoms with Crippen LogP contribution in [0.5, 0.6) is 0 Å². The van der Waals surface area contributed by atoms with Crippen LogP contribution < -0.4 is 0 Å². The fourth-order valence-electron chi connectivity index (χ4n) is 4.37. The van der Waals surface area contributed by atoms with E-state index in [4.69, 9.17) is 0 Å². The number of hydrogen-bond acceptors (Lipinski definition) is 2. The standard InChI is InChI=1S/C15H25NO/c17-12-15(7-3-1-2-4-8-15)11-16-10-13-5-6-14(16)9-13/h12-14H,1-11H2. The molecule has 2 aliphatic carbocycles. The summed E-state index contributed by atoms with van der Waals surface area (Å²) in [4.78, 5) is 14.2. The van der Waals surface area contributed by atoms with Crippen molar-refractivity contribution in [3.63, 3.8) is 0 Å². The molecule has 0 spiro atoms. The number of likely N-dealkylation sites (tertiary alicyclic amines) is 1. The van der Waals surface area contributed by atoms with Gasteiger partial charge < -0.3 is 4.79 Å². The topological polar surface area (TPSA) is 20.3 Å². The van der Waals surface area contributed by atoms with Crippen molar-refractivity contribution in [2.75, 3.05) is 13.1 Å². The van der Waals surface area contributed by atoms with Crippen LogP contribution >= 0.6 is 0 Å². The number of aldehydes is 1. The summed E-state index contributed by atoms with van der Waals surface area (Å²) in [5.41, 5.74) is 0.0149. The fourth-order valence-corrected chi connectivity index (χ4v) is 4.37. The Bertz CT molecular complexity index is 281. The van der Waals surface area contributed by atoms with E-state index in [2.05, 4.69) is 4.90 Å². The van der Waals surface area contributed by atoms with Gasteiger partial charge in [0.05, 0.1) is 0 Å². The molecule has 2 nitrogen and oxygen atoms in total. The molecular weight excluding hydrogens is 210 g/mol. The normalized spacial score (nSPS) is 36.9. The Morgan fingerprint density at radius 1 is 1.12 bits per heavy atom. The monoisotopic (exact) mass is 235 g/mol. The van der Waals surface area contributed by atoms with Crippen molar-refractivity contribution in [2.24, 2.45) is 11.3 Å². The molecule has 0 radical (unpaired) electrons. The highest BCUT2D eigenvalue weighted by molar-refractivity contribution is 5.59. The molecule has 2 saturated carbocycles. The van der Waals surface area contributed by atoms with Crippen molar-refractivity contribution in [3.8, 4) is 0 Å². The van der Waals surface area contributed by atoms with E-state index < -0.39 is 0 Å². The third-order valence-corrected chi connectivity index (χ3v) is 5.39. The molecule has 0 aromatic heterocycles. The molecule has 2 heteroatoms. The quantitative estimate of drug-likeness (QED) is 0.553. The summed E-state index contributed by atoms with van der Waals surface area (Å²) < 4.78 is 0. The SMILES string of the molecule is O=CC1(CN2CC3CCC2C3)CCCCCC1. The van der Waals surface area contributed by atoms with Crippen molar-refractivity contribution in [1.29, 1.82) is 0 Å². The Morgan fingerprint density at radius 2 is 1.88 bits per heavy atom. The van der Waals surface area contributed by atoms with Crippen molar-refractivity contribution in [3.05, 3.63) is 0 Å². The Hall–Kier alpha value is -0.370. The molecular formula is C15H25NO. The van der Waals surface area contributed by atoms with Crippen LogP contribution in [0.1, 0.15) is 57.8 Å². The highest BCUT2D eigenvalue weighted by atomic mass is 16.1. The lowest BCUT2D eigenvalue weighted by Crippen LogP contribution is -2.42. The van der Waals surface area contributed by atoms with E-state index in [0.717, 1.165) is 31.3 Å². The summed E-state index contributed by atoms with van der Waals surface area (Å²) in [5.74, 6) is 0.953. The molecule has 2 bridgehead atoms. The van der Waals surface area contributed by atoms with E-state index in [-0.39, 0.29) is 5.41 Å². The van der Waals surface area contributed by atoms with Crippen LogP contribution in [0.4, 0.5) is 0 Å². The highest BCUT2D eigenvalue weighted by Gasteiger charge is 2.42. The van der Waals surface area contributed by atoms with Gasteiger partial charge in [-0.3, -0.25) is 4.90 Å². The molecule has 2 atom stereocenters. The maximum Gasteiger partial charge on any atom is 0.127 e. The molecule has 0 amide bonds. The lowest BCUT2D eigenvalue weighted by atomic mass is 9.81. The Labute approximate surface area is 105 Å². The summed E-state index contributed by atoms with van der Waals surface area (Å²) in [6.07, 6.45) is 13.0. The lowest BCUT2D eigenvalue weighted by Gasteiger charge is -2.36. The van der Waals surface area contributed by atoms with E-state index >= 15 is 0 Å². The number of piperidine rings is 1. The van der Waals surface area contributed by atoms with Crippen LogP contribution in [0.15, 0.2) is 0 Å². The van der Waals surface area contributed by atoms with Crippen LogP contribution in [-0.4, -0.2) is 30.3 Å². The fraction of sp³-hybridized carbons (Fsp3) is 0.933. The van der Waals surface area contributed by atoms with E-state index in [0.29, 0.717) is 0 Å². The summed E-state index contributed by atoms with van der Waals surface area (Å²) in [6.45, 7) is 2.35. The average Bonchev–Trinajstić information content (AvgIpc) is 2.87. The molecule has 3 fully saturated rings. The molecule has 1 heterocycles. The summed E-state index contributed by atoms with van der Waals surface area (Å²) >= 11 is 0. The van der Waals surface area contributed by atoms with Gasteiger partial charge in [-0.25, -0.2) is 0 Å². The van der Waals surface area contributed by atoms with Crippen LogP contribution in [0, 0.1) is 11.3 Å². The maximum absolute atomic E-state index is 11.6. The van der Waals surface area contributed by atoms with Gasteiger partial charge in [0, 0.05) is 24.5 Å². The van der Waals surface area contributed by atoms with Gasteiger partial charge in [-0.05, 0) is 38.0 Å². The number of fused-ring (bicyclic) bond motifs is 2. The molecule has 2 unspecified atom stereocenters. The van der Waals surface area contributed by atoms with Crippen LogP contribution in [0.3, 0.4) is 0 Å². The van der Waals surface area contributed by atoms with Crippen molar-refractivity contribution in [1.82, 2.24) is 4.90 Å². The smallest absolute Gasteiger partial charge is 0.127 e. The Morgan fingerprint density at radius 3 is 2.41 bits per heavy atom. The predicted molar refractivity (Wildman–Crippen MR) is 68.9 cm³/mol. The second-order valence-corrected chi connectivity index (χ2v) is 6.66. The number of carbonyl (C=O) groups is 1. The maximum atomic E-state index is 11.6. The van der Waals surface area contributed by atoms with Gasteiger partial charge in [0.2, 0.25) is 0 Å². The van der Waals surface area contributed by atoms with E-state index in [1.54, 1.807) is 0 Å². The third-order valence-electron chi connectivity index (χ3n) is 5.39. The minimum absolute atomic E-state index is 0.0149. The van der Waals surface area contributed by atoms with Gasteiger partial charge in [0.15, 0.2) is 0 Å². The largest absolute Gasteiger partial charge is 0.303 e. The van der Waals surface area contributed by atoms with Gasteiger partial charge in [-0.2, -0.15) is 0 Å². The summed E-state index contributed by atoms with van der Waals surface area (Å²) in [7, 11) is 0. The first kappa shape index (κ1) is 11.7. The first-order valence-corrected chi connectivity index (χ1v) is 7.52. The lowest BCUT2D eigenvalue weighted by molar-refractivity contribution is -0.118. The molecule has 3 rings (SSSR count). The molecule has 1 saturated heterocycles. The molecule has 17 heavy (non-hydrogen) atoms. The van der Waals surface area contributed by atoms with Crippen LogP contribution in [-0.2, 0) is 4.79 Å². The molecule has 3 aliphatic rings. The zero-order valence-corrected chi connectivity index (χ0v) is 10.9. The second-order valence-electron chi connectivity index (χ2n) is 6.66. The molecule has 96 valence electrons. The second kappa shape index (κ2) is 4.72. The minimum Gasteiger partial charge on any atom is -0.303 e. The first-order valence-electron chi connectivity index (χ1n) is 7.52. The summed E-state index contributed by atoms with van der Waals surface area (Å²) in [6, 6.07) is 0.820. The number of hydrogen-bond donors (Lipinski definition) is 0. The first-order chi connectivity index (χ1) is 8.31. The van der Waals surface area contributed by atoms with Crippen LogP contribution in [0.2, 0.25) is 0 Å². The summed E-state index contributed by atoms with van der Waals surface area (Å²) in [5, 5.41) is 0. The highest BCUT2D eigenvalue weighted by Crippen LogP contribution is 2.41. The van der Waals surface area contributed by atoms with Gasteiger partial charge in [0.25, 0.3) is 0 Å². The van der Waals surface area contributed by atoms with Gasteiger partial charge in [0.1, 0.15) is 6.29 Å². The third kappa shape index (κ3) is 2.29. The van der Waals surface area contributed by atoms with Gasteiger partial charge in [-0.1, -0.05) is 25.7 Å². The number of carbonyl (C=O) groups excluding carboxylic acids is 1. The Kier molecular flexibility index (Phi) is 3.25. The van der Waals surface area contributed by atoms with E-state index in [1.165, 1.54) is 57.8 Å². The Balaban J connectivity index is 1.66. The molecule has 0 aromatic rings. The van der Waals surface area contributed by atoms with Crippen molar-refractivity contribution >= 4 is 6.29 Å². The van der Waals surface area contributed by atoms with Gasteiger partial charge in [-0.15, -0.1) is 0 Å². The molecule has 1 aliphatic heterocycles. The zero-order valence-electron chi connectivity index (χ0n) is 10.9. The number of rotatable bonds is 3. The zero-order chi connectivity index (χ0) is 11.7. The van der Waals surface area contributed by atoms with E-state index in [9.17, 15) is 4.79 Å². The van der Waals surface area contributed by atoms with Gasteiger partial charge >= 0.3 is 0 Å². The minimum atomic E-state index is 0.0149. The average molecular weight is 235 g/mol. The van der Waals surface area contributed by atoms with E-state index in [1.807, 2.05) is 0 Å². The molecule has 0 aromatic carbocycles. The number of nitrogens with zero attached hydrogens (tertiary/aromatic N) is 1. The molecule has 0 N–H and O–H groups in total.